The van der Waals surface area contributed by atoms with Crippen LogP contribution < -0.4 is 27.0 Å². The zero-order valence-corrected chi connectivity index (χ0v) is 63.2. The topological polar surface area (TPSA) is 185 Å². The molecule has 4 aromatic carbocycles. The molecule has 4 aromatic rings. The third-order valence-corrected chi connectivity index (χ3v) is 24.3. The van der Waals surface area contributed by atoms with Gasteiger partial charge < -0.3 is 51.3 Å². The molecule has 5 aliphatic heterocycles. The van der Waals surface area contributed by atoms with Crippen LogP contribution in [0.4, 0.5) is 4.79 Å². The van der Waals surface area contributed by atoms with E-state index in [1.165, 1.54) is 148 Å². The van der Waals surface area contributed by atoms with Crippen LogP contribution in [-0.2, 0) is 45.6 Å². The molecule has 556 valence electrons. The lowest BCUT2D eigenvalue weighted by Crippen LogP contribution is -2.47. The Morgan fingerprint density at radius 2 is 0.780 bits per heavy atom. The highest BCUT2D eigenvalue weighted by Gasteiger charge is 2.50. The smallest absolute Gasteiger partial charge is 0.318 e. The van der Waals surface area contributed by atoms with E-state index in [0.717, 1.165) is 70.6 Å². The van der Waals surface area contributed by atoms with Crippen LogP contribution in [0.5, 0.6) is 0 Å². The molecule has 0 bridgehead atoms. The molecule has 4 aliphatic carbocycles. The number of rotatable bonds is 15. The first-order valence-corrected chi connectivity index (χ1v) is 38.8. The molecule has 13 rings (SSSR count). The number of morpholine rings is 1. The Morgan fingerprint density at radius 3 is 1.09 bits per heavy atom. The molecule has 0 unspecified atom stereocenters. The van der Waals surface area contributed by atoms with Crippen molar-refractivity contribution in [1.29, 1.82) is 0 Å². The van der Waals surface area contributed by atoms with E-state index in [-0.39, 0.29) is 81.2 Å². The minimum atomic E-state index is -0.265. The second-order valence-electron chi connectivity index (χ2n) is 34.2. The van der Waals surface area contributed by atoms with Crippen molar-refractivity contribution in [2.45, 2.75) is 231 Å². The van der Waals surface area contributed by atoms with Crippen molar-refractivity contribution >= 4 is 29.7 Å². The molecule has 0 radical (unpaired) electrons. The van der Waals surface area contributed by atoms with E-state index < -0.39 is 0 Å². The molecule has 9 aliphatic rings. The van der Waals surface area contributed by atoms with Gasteiger partial charge in [-0.1, -0.05) is 166 Å². The van der Waals surface area contributed by atoms with Crippen LogP contribution in [0.1, 0.15) is 260 Å². The quantitative estimate of drug-likeness (QED) is 0.0767. The number of carbonyl (C=O) groups is 5. The molecular weight excluding hydrogens is 1240 g/mol. The largest absolute Gasteiger partial charge is 0.378 e. The van der Waals surface area contributed by atoms with Crippen molar-refractivity contribution in [3.63, 3.8) is 0 Å². The molecule has 4 spiro atoms. The Kier molecular flexibility index (Phi) is 25.6. The van der Waals surface area contributed by atoms with Gasteiger partial charge in [-0.15, -0.1) is 0 Å². The minimum Gasteiger partial charge on any atom is -0.378 e. The fourth-order valence-corrected chi connectivity index (χ4v) is 18.2. The number of benzene rings is 4. The van der Waals surface area contributed by atoms with Gasteiger partial charge in [-0.2, -0.15) is 0 Å². The van der Waals surface area contributed by atoms with E-state index in [0.29, 0.717) is 56.5 Å². The van der Waals surface area contributed by atoms with Gasteiger partial charge in [0, 0.05) is 60.2 Å². The summed E-state index contributed by atoms with van der Waals surface area (Å²) in [6, 6.07) is 35.5. The Hall–Kier alpha value is -6.17. The number of hydrogen-bond donors (Lipinski definition) is 5. The minimum absolute atomic E-state index is 0. The van der Waals surface area contributed by atoms with Crippen molar-refractivity contribution in [2.24, 2.45) is 22.5 Å². The van der Waals surface area contributed by atoms with E-state index in [4.69, 9.17) is 10.5 Å². The molecule has 5 heterocycles. The molecule has 4 atom stereocenters. The summed E-state index contributed by atoms with van der Waals surface area (Å²) in [5, 5.41) is 13.0. The van der Waals surface area contributed by atoms with E-state index >= 15 is 0 Å². The highest BCUT2D eigenvalue weighted by molar-refractivity contribution is 5.78. The number of carbonyl (C=O) groups excluding carboxylic acids is 5. The van der Waals surface area contributed by atoms with E-state index in [9.17, 15) is 24.0 Å². The predicted molar refractivity (Wildman–Crippen MR) is 411 cm³/mol. The lowest BCUT2D eigenvalue weighted by Gasteiger charge is -2.41. The normalized spacial score (nSPS) is 23.4. The number of hydrogen-bond acceptors (Lipinski definition) is 10. The van der Waals surface area contributed by atoms with Crippen molar-refractivity contribution in [3.8, 4) is 0 Å². The van der Waals surface area contributed by atoms with E-state index in [1.54, 1.807) is 6.92 Å². The number of nitrogens with zero attached hydrogens (tertiary/aromatic N) is 5. The summed E-state index contributed by atoms with van der Waals surface area (Å²) in [7, 11) is 0. The van der Waals surface area contributed by atoms with Crippen LogP contribution in [0.15, 0.2) is 97.1 Å². The van der Waals surface area contributed by atoms with Gasteiger partial charge >= 0.3 is 6.03 Å². The predicted octanol–water partition coefficient (Wildman–Crippen LogP) is 14.5. The van der Waals surface area contributed by atoms with E-state index in [1.807, 2.05) is 24.8 Å². The lowest BCUT2D eigenvalue weighted by atomic mass is 9.73. The van der Waals surface area contributed by atoms with Gasteiger partial charge in [0.05, 0.1) is 43.9 Å². The lowest BCUT2D eigenvalue weighted by molar-refractivity contribution is -0.122. The first-order chi connectivity index (χ1) is 47.7. The molecule has 6 amide bonds. The fraction of sp³-hybridized carbons (Fsp3) is 0.655. The Morgan fingerprint density at radius 1 is 0.470 bits per heavy atom. The van der Waals surface area contributed by atoms with Gasteiger partial charge in [-0.3, -0.25) is 24.1 Å². The first-order valence-electron chi connectivity index (χ1n) is 38.8. The standard InChI is InChI=1S/C24H37N3O2.C22H34N2O.C21H32N2O.C17H23N3O2.4H2/c1-23(2,3)8-11-26-12-9-24(10-13-26)18-21(19-6-4-5-7-20(19)24)25-22(28)27-14-16-29-17-15-27;1-5-20(25)23-19-16-22(18-9-7-6-8-17(18)19)11-14-24(15-12-22)13-10-21(2,3)4;1-4-20(24)22-19-15-21(18-8-6-5-7-17(18)19)10-13-23(14-11-21)12-9-16(2)3;1-12(21)19-15-10-17(14-5-3-2-4-13(14)15)6-8-20(9-7-17)11-16(18)22;;;;/h4-7,21H,8-18H2,1-3H3,(H,25,28);6-9,19H,5,10-16H2,1-4H3,(H,23,25);5-8,16,19H,4,9-15H2,1-3H3,(H,22,24);2-5,15H,6-11H2,1H3,(H2,18,22)(H,19,21);4*1H/t21-;2*19-;15-;;;;/m0000..../s1. The number of fused-ring (bicyclic) bond motifs is 8. The molecule has 0 aromatic heterocycles. The van der Waals surface area contributed by atoms with Gasteiger partial charge in [0.1, 0.15) is 0 Å². The number of amides is 6. The summed E-state index contributed by atoms with van der Waals surface area (Å²) in [5.74, 6) is 0.865. The van der Waals surface area contributed by atoms with Gasteiger partial charge in [-0.25, -0.2) is 4.79 Å². The van der Waals surface area contributed by atoms with Crippen molar-refractivity contribution in [3.05, 3.63) is 142 Å². The summed E-state index contributed by atoms with van der Waals surface area (Å²) in [6.07, 6.45) is 18.3. The van der Waals surface area contributed by atoms with Crippen molar-refractivity contribution in [2.75, 3.05) is 105 Å². The first kappa shape index (κ1) is 76.5. The molecular formula is C84H134N10O6. The molecule has 6 N–H and O–H groups in total. The number of piperidine rings is 4. The number of nitrogens with two attached hydrogens (primary N) is 1. The molecule has 5 fully saturated rings. The number of ether oxygens (including phenoxy) is 1. The number of nitrogens with one attached hydrogen (secondary N) is 4. The highest BCUT2D eigenvalue weighted by atomic mass is 16.5. The summed E-state index contributed by atoms with van der Waals surface area (Å²) >= 11 is 0. The highest BCUT2D eigenvalue weighted by Crippen LogP contribution is 2.55. The van der Waals surface area contributed by atoms with Gasteiger partial charge in [0.15, 0.2) is 0 Å². The SMILES string of the molecule is CC(=O)N[C@H]1CC2(CCN(CC(N)=O)CC2)c2ccccc21.CC(C)(C)CCN1CCC2(CC1)C[C@H](NC(=O)N1CCOCC1)c1ccccc12.CCC(=O)N[C@H]1CC2(CCN(CCC(C)(C)C)CC2)c2ccccc21.CCC(=O)N[C@H]1CC2(CCN(CCC(C)C)CC2)c2ccccc21.[HH].[HH].[HH].[HH]. The van der Waals surface area contributed by atoms with E-state index in [2.05, 4.69) is 187 Å². The molecule has 16 nitrogen and oxygen atoms in total. The van der Waals surface area contributed by atoms with Gasteiger partial charge in [0.25, 0.3) is 0 Å². The third-order valence-electron chi connectivity index (χ3n) is 24.3. The molecule has 0 saturated carbocycles. The second-order valence-corrected chi connectivity index (χ2v) is 34.2. The molecule has 5 saturated heterocycles. The summed E-state index contributed by atoms with van der Waals surface area (Å²) < 4.78 is 5.39. The average Bonchev–Trinajstić information content (AvgIpc) is 1.62. The second kappa shape index (κ2) is 33.5. The van der Waals surface area contributed by atoms with Crippen molar-refractivity contribution < 1.29 is 34.4 Å². The van der Waals surface area contributed by atoms with Crippen LogP contribution in [0, 0.1) is 16.7 Å². The van der Waals surface area contributed by atoms with Crippen molar-refractivity contribution in [1.82, 2.24) is 45.8 Å². The zero-order chi connectivity index (χ0) is 71.5. The van der Waals surface area contributed by atoms with Gasteiger partial charge in [0.2, 0.25) is 23.6 Å². The maximum Gasteiger partial charge on any atom is 0.318 e. The average molecular weight is 1380 g/mol. The maximum absolute atomic E-state index is 12.8. The van der Waals surface area contributed by atoms with Crippen LogP contribution in [0.2, 0.25) is 0 Å². The van der Waals surface area contributed by atoms with Crippen LogP contribution >= 0.6 is 0 Å². The number of primary amides is 1. The zero-order valence-electron chi connectivity index (χ0n) is 63.2. The summed E-state index contributed by atoms with van der Waals surface area (Å²) in [5.41, 5.74) is 18.1. The third kappa shape index (κ3) is 19.2. The van der Waals surface area contributed by atoms with Crippen LogP contribution in [0.25, 0.3) is 0 Å². The summed E-state index contributed by atoms with van der Waals surface area (Å²) in [4.78, 5) is 71.2. The molecule has 100 heavy (non-hydrogen) atoms. The number of likely N-dealkylation sites (tertiary alicyclic amines) is 4. The number of urea groups is 1. The van der Waals surface area contributed by atoms with Crippen LogP contribution in [-0.4, -0.2) is 159 Å². The fourth-order valence-electron chi connectivity index (χ4n) is 18.2. The van der Waals surface area contributed by atoms with Gasteiger partial charge in [-0.05, 0) is 230 Å². The molecule has 16 heteroatoms. The maximum atomic E-state index is 12.8. The monoisotopic (exact) mass is 1380 g/mol. The van der Waals surface area contributed by atoms with Crippen LogP contribution in [0.3, 0.4) is 0 Å². The Balaban J connectivity index is 0.000000216. The Bertz CT molecular complexity index is 3390. The Labute approximate surface area is 607 Å². The summed E-state index contributed by atoms with van der Waals surface area (Å²) in [6.45, 7) is 39.4.